The number of Topliss-reactive ketones (excluding diaryl/α,β-unsaturated/α-hetero) is 1. The molecule has 0 saturated carbocycles. The van der Waals surface area contributed by atoms with Crippen LogP contribution in [-0.2, 0) is 15.0 Å². The van der Waals surface area contributed by atoms with Gasteiger partial charge in [-0.15, -0.1) is 0 Å². The molecule has 1 heterocycles. The molecule has 1 N–H and O–H groups in total. The topological polar surface area (TPSA) is 66.8 Å². The molecule has 2 aromatic rings. The van der Waals surface area contributed by atoms with Crippen molar-refractivity contribution in [2.24, 2.45) is 5.92 Å². The number of hydrogen-bond acceptors (Lipinski definition) is 4. The minimum atomic E-state index is -0.653. The van der Waals surface area contributed by atoms with Gasteiger partial charge in [-0.25, -0.2) is 0 Å². The third-order valence-corrected chi connectivity index (χ3v) is 5.79. The van der Waals surface area contributed by atoms with Gasteiger partial charge in [0.05, 0.1) is 18.2 Å². The number of rotatable bonds is 7. The van der Waals surface area contributed by atoms with Crippen LogP contribution < -0.4 is 4.74 Å². The minimum Gasteiger partial charge on any atom is -0.507 e. The highest BCUT2D eigenvalue weighted by Gasteiger charge is 2.45. The van der Waals surface area contributed by atoms with Crippen molar-refractivity contribution in [1.29, 1.82) is 0 Å². The largest absolute Gasteiger partial charge is 0.507 e. The third-order valence-electron chi connectivity index (χ3n) is 5.79. The number of aliphatic hydroxyl groups excluding tert-OH is 1. The van der Waals surface area contributed by atoms with Crippen LogP contribution in [0.1, 0.15) is 70.7 Å². The van der Waals surface area contributed by atoms with Gasteiger partial charge in [-0.2, -0.15) is 0 Å². The van der Waals surface area contributed by atoms with Gasteiger partial charge in [0.25, 0.3) is 11.7 Å². The average molecular weight is 450 g/mol. The molecule has 0 spiro atoms. The number of likely N-dealkylation sites (tertiary alicyclic amines) is 1. The van der Waals surface area contributed by atoms with Crippen LogP contribution in [0.2, 0.25) is 0 Å². The predicted molar refractivity (Wildman–Crippen MR) is 131 cm³/mol. The molecule has 1 atom stereocenters. The first-order chi connectivity index (χ1) is 15.5. The Bertz CT molecular complexity index is 1040. The van der Waals surface area contributed by atoms with Crippen molar-refractivity contribution >= 4 is 17.4 Å². The molecule has 1 saturated heterocycles. The number of aliphatic hydroxyl groups is 1. The van der Waals surface area contributed by atoms with E-state index in [1.165, 1.54) is 0 Å². The van der Waals surface area contributed by atoms with E-state index in [0.29, 0.717) is 36.8 Å². The first-order valence-electron chi connectivity index (χ1n) is 11.7. The van der Waals surface area contributed by atoms with Crippen molar-refractivity contribution in [2.75, 3.05) is 13.2 Å². The van der Waals surface area contributed by atoms with Crippen LogP contribution in [0.4, 0.5) is 0 Å². The van der Waals surface area contributed by atoms with Gasteiger partial charge in [0, 0.05) is 12.1 Å². The molecule has 1 amide bonds. The lowest BCUT2D eigenvalue weighted by molar-refractivity contribution is -0.139. The minimum absolute atomic E-state index is 0.0137. The molecule has 0 aromatic heterocycles. The Balaban J connectivity index is 2.09. The summed E-state index contributed by atoms with van der Waals surface area (Å²) in [6.07, 6.45) is 0.710. The molecule has 0 radical (unpaired) electrons. The van der Waals surface area contributed by atoms with Crippen molar-refractivity contribution in [2.45, 2.75) is 59.4 Å². The Morgan fingerprint density at radius 3 is 2.33 bits per heavy atom. The summed E-state index contributed by atoms with van der Waals surface area (Å²) in [4.78, 5) is 27.5. The van der Waals surface area contributed by atoms with E-state index in [4.69, 9.17) is 4.74 Å². The van der Waals surface area contributed by atoms with E-state index in [2.05, 4.69) is 34.6 Å². The molecule has 5 heteroatoms. The SMILES string of the molecule is CCCN1C(=O)C(=O)/C(=C(\O)c2cccc(OCC(C)C)c2)C1c1ccc(C(C)(C)C)cc1. The van der Waals surface area contributed by atoms with Crippen LogP contribution >= 0.6 is 0 Å². The Morgan fingerprint density at radius 2 is 1.76 bits per heavy atom. The number of hydrogen-bond donors (Lipinski definition) is 1. The number of nitrogens with zero attached hydrogens (tertiary/aromatic N) is 1. The molecule has 1 unspecified atom stereocenters. The Kier molecular flexibility index (Phi) is 7.31. The van der Waals surface area contributed by atoms with Crippen LogP contribution in [-0.4, -0.2) is 34.8 Å². The number of carbonyl (C=O) groups is 2. The third kappa shape index (κ3) is 5.29. The summed E-state index contributed by atoms with van der Waals surface area (Å²) in [5, 5.41) is 11.2. The Hall–Kier alpha value is -3.08. The van der Waals surface area contributed by atoms with E-state index in [1.807, 2.05) is 37.3 Å². The summed E-state index contributed by atoms with van der Waals surface area (Å²) in [6, 6.07) is 14.4. The zero-order valence-corrected chi connectivity index (χ0v) is 20.5. The van der Waals surface area contributed by atoms with Crippen molar-refractivity contribution in [3.05, 3.63) is 70.8 Å². The second kappa shape index (κ2) is 9.82. The van der Waals surface area contributed by atoms with Crippen molar-refractivity contribution in [3.63, 3.8) is 0 Å². The molecule has 176 valence electrons. The molecule has 33 heavy (non-hydrogen) atoms. The van der Waals surface area contributed by atoms with Crippen LogP contribution in [0.15, 0.2) is 54.1 Å². The van der Waals surface area contributed by atoms with E-state index in [9.17, 15) is 14.7 Å². The molecule has 3 rings (SSSR count). The van der Waals surface area contributed by atoms with E-state index in [1.54, 1.807) is 23.1 Å². The highest BCUT2D eigenvalue weighted by Crippen LogP contribution is 2.40. The van der Waals surface area contributed by atoms with E-state index >= 15 is 0 Å². The fourth-order valence-electron chi connectivity index (χ4n) is 4.02. The highest BCUT2D eigenvalue weighted by atomic mass is 16.5. The maximum Gasteiger partial charge on any atom is 0.295 e. The molecule has 0 bridgehead atoms. The first kappa shape index (κ1) is 24.6. The van der Waals surface area contributed by atoms with Gasteiger partial charge in [-0.3, -0.25) is 9.59 Å². The highest BCUT2D eigenvalue weighted by molar-refractivity contribution is 6.46. The maximum atomic E-state index is 13.1. The molecular weight excluding hydrogens is 414 g/mol. The summed E-state index contributed by atoms with van der Waals surface area (Å²) in [6.45, 7) is 13.5. The summed E-state index contributed by atoms with van der Waals surface area (Å²) in [7, 11) is 0. The van der Waals surface area contributed by atoms with Gasteiger partial charge in [0.1, 0.15) is 11.5 Å². The molecule has 1 aliphatic rings. The van der Waals surface area contributed by atoms with E-state index < -0.39 is 17.7 Å². The fourth-order valence-corrected chi connectivity index (χ4v) is 4.02. The number of carbonyl (C=O) groups excluding carboxylic acids is 2. The van der Waals surface area contributed by atoms with E-state index in [0.717, 1.165) is 11.1 Å². The van der Waals surface area contributed by atoms with Crippen LogP contribution in [0.3, 0.4) is 0 Å². The lowest BCUT2D eigenvalue weighted by atomic mass is 9.85. The molecule has 2 aromatic carbocycles. The standard InChI is InChI=1S/C28H35NO4/c1-7-15-29-24(19-11-13-21(14-12-19)28(4,5)6)23(26(31)27(29)32)25(30)20-9-8-10-22(16-20)33-17-18(2)3/h8-14,16,18,24,30H,7,15,17H2,1-6H3/b25-23-. The molecule has 1 aliphatic heterocycles. The second-order valence-electron chi connectivity index (χ2n) is 10.1. The number of benzene rings is 2. The van der Waals surface area contributed by atoms with Gasteiger partial charge < -0.3 is 14.7 Å². The summed E-state index contributed by atoms with van der Waals surface area (Å²) in [5.74, 6) is -0.430. The van der Waals surface area contributed by atoms with Crippen molar-refractivity contribution < 1.29 is 19.4 Å². The molecule has 1 fully saturated rings. The average Bonchev–Trinajstić information content (AvgIpc) is 3.02. The number of ether oxygens (including phenoxy) is 1. The van der Waals surface area contributed by atoms with Gasteiger partial charge in [0.2, 0.25) is 0 Å². The quantitative estimate of drug-likeness (QED) is 0.327. The van der Waals surface area contributed by atoms with E-state index in [-0.39, 0.29) is 16.7 Å². The van der Waals surface area contributed by atoms with Crippen LogP contribution in [0.25, 0.3) is 5.76 Å². The smallest absolute Gasteiger partial charge is 0.295 e. The molecule has 5 nitrogen and oxygen atoms in total. The van der Waals surface area contributed by atoms with Gasteiger partial charge in [-0.05, 0) is 41.0 Å². The Morgan fingerprint density at radius 1 is 1.09 bits per heavy atom. The molecule has 0 aliphatic carbocycles. The van der Waals surface area contributed by atoms with Gasteiger partial charge >= 0.3 is 0 Å². The van der Waals surface area contributed by atoms with Crippen LogP contribution in [0.5, 0.6) is 5.75 Å². The Labute approximate surface area is 197 Å². The lowest BCUT2D eigenvalue weighted by Crippen LogP contribution is -2.30. The summed E-state index contributed by atoms with van der Waals surface area (Å²) >= 11 is 0. The van der Waals surface area contributed by atoms with Crippen LogP contribution in [0, 0.1) is 5.92 Å². The van der Waals surface area contributed by atoms with Crippen molar-refractivity contribution in [1.82, 2.24) is 4.90 Å². The monoisotopic (exact) mass is 449 g/mol. The van der Waals surface area contributed by atoms with Gasteiger partial charge in [-0.1, -0.05) is 77.9 Å². The zero-order valence-electron chi connectivity index (χ0n) is 20.5. The normalized spacial score (nSPS) is 18.3. The predicted octanol–water partition coefficient (Wildman–Crippen LogP) is 5.85. The molecular formula is C28H35NO4. The maximum absolute atomic E-state index is 13.1. The zero-order chi connectivity index (χ0) is 24.3. The fraction of sp³-hybridized carbons (Fsp3) is 0.429. The summed E-state index contributed by atoms with van der Waals surface area (Å²) < 4.78 is 5.79. The second-order valence-corrected chi connectivity index (χ2v) is 10.1. The first-order valence-corrected chi connectivity index (χ1v) is 11.7. The number of amides is 1. The lowest BCUT2D eigenvalue weighted by Gasteiger charge is -2.26. The van der Waals surface area contributed by atoms with Crippen molar-refractivity contribution in [3.8, 4) is 5.75 Å². The van der Waals surface area contributed by atoms with Gasteiger partial charge in [0.15, 0.2) is 0 Å². The number of ketones is 1. The summed E-state index contributed by atoms with van der Waals surface area (Å²) in [5.41, 5.74) is 2.54.